The molecule has 0 aromatic heterocycles. The summed E-state index contributed by atoms with van der Waals surface area (Å²) in [6.45, 7) is 6.48. The van der Waals surface area contributed by atoms with Gasteiger partial charge in [0.25, 0.3) is 0 Å². The maximum absolute atomic E-state index is 12.9. The van der Waals surface area contributed by atoms with Gasteiger partial charge >= 0.3 is 17.9 Å². The van der Waals surface area contributed by atoms with E-state index in [1.165, 1.54) is 148 Å². The summed E-state index contributed by atoms with van der Waals surface area (Å²) >= 11 is 0. The molecule has 1 unspecified atom stereocenters. The second-order valence-corrected chi connectivity index (χ2v) is 20.2. The molecule has 0 aliphatic carbocycles. The maximum atomic E-state index is 12.9. The zero-order valence-corrected chi connectivity index (χ0v) is 47.4. The molecule has 0 aliphatic heterocycles. The van der Waals surface area contributed by atoms with Gasteiger partial charge in [0.05, 0.1) is 0 Å². The first kappa shape index (κ1) is 68.6. The third-order valence-electron chi connectivity index (χ3n) is 13.1. The van der Waals surface area contributed by atoms with Gasteiger partial charge < -0.3 is 14.2 Å². The van der Waals surface area contributed by atoms with Crippen LogP contribution in [0.2, 0.25) is 0 Å². The molecule has 0 fully saturated rings. The summed E-state index contributed by atoms with van der Waals surface area (Å²) in [4.78, 5) is 38.2. The molecule has 0 N–H and O–H groups in total. The van der Waals surface area contributed by atoms with Crippen molar-refractivity contribution >= 4 is 17.9 Å². The number of allylic oxidation sites excluding steroid dienone is 14. The van der Waals surface area contributed by atoms with Gasteiger partial charge in [-0.3, -0.25) is 14.4 Å². The standard InChI is InChI=1S/C66H114O6/c1-4-7-10-13-16-19-22-25-28-30-32-34-35-38-41-44-47-50-53-56-59-65(68)71-62-63(61-70-64(67)58-55-52-49-46-43-40-37-27-24-21-18-15-12-9-6-3)72-66(69)60-57-54-51-48-45-42-39-36-33-31-29-26-23-20-17-14-11-8-5-2/h9,12,17-18,20-21,26-27,29,33,36-37,43,46,63H,4-8,10-11,13-16,19,22-25,28,30-32,34-35,38-42,44-45,47-62H2,1-3H3/b12-9-,20-17-,21-18-,29-26-,36-33-,37-27-,46-43-. The minimum atomic E-state index is -0.801. The molecule has 0 spiro atoms. The van der Waals surface area contributed by atoms with Gasteiger partial charge in [0.2, 0.25) is 0 Å². The third kappa shape index (κ3) is 57.5. The summed E-state index contributed by atoms with van der Waals surface area (Å²) in [6, 6.07) is 0. The number of unbranched alkanes of at least 4 members (excludes halogenated alkanes) is 30. The summed E-state index contributed by atoms with van der Waals surface area (Å²) in [5.41, 5.74) is 0. The number of hydrogen-bond acceptors (Lipinski definition) is 6. The lowest BCUT2D eigenvalue weighted by molar-refractivity contribution is -0.167. The highest BCUT2D eigenvalue weighted by atomic mass is 16.6. The maximum Gasteiger partial charge on any atom is 0.306 e. The molecule has 0 aromatic carbocycles. The lowest BCUT2D eigenvalue weighted by Crippen LogP contribution is -2.30. The topological polar surface area (TPSA) is 78.9 Å². The quantitative estimate of drug-likeness (QED) is 0.0261. The Bertz CT molecular complexity index is 1380. The first-order chi connectivity index (χ1) is 35.5. The molecule has 0 aromatic rings. The molecule has 0 saturated heterocycles. The van der Waals surface area contributed by atoms with Gasteiger partial charge in [0, 0.05) is 19.3 Å². The highest BCUT2D eigenvalue weighted by molar-refractivity contribution is 5.71. The molecule has 72 heavy (non-hydrogen) atoms. The normalized spacial score (nSPS) is 12.7. The van der Waals surface area contributed by atoms with Crippen LogP contribution in [0.3, 0.4) is 0 Å². The Morgan fingerprint density at radius 2 is 0.542 bits per heavy atom. The van der Waals surface area contributed by atoms with E-state index >= 15 is 0 Å². The molecular formula is C66H114O6. The first-order valence-corrected chi connectivity index (χ1v) is 30.6. The summed E-state index contributed by atoms with van der Waals surface area (Å²) < 4.78 is 16.9. The van der Waals surface area contributed by atoms with Crippen molar-refractivity contribution in [3.63, 3.8) is 0 Å². The number of carbonyl (C=O) groups is 3. The van der Waals surface area contributed by atoms with Crippen molar-refractivity contribution < 1.29 is 28.6 Å². The fraction of sp³-hybridized carbons (Fsp3) is 0.742. The van der Waals surface area contributed by atoms with Crippen molar-refractivity contribution in [1.82, 2.24) is 0 Å². The van der Waals surface area contributed by atoms with Gasteiger partial charge in [-0.25, -0.2) is 0 Å². The highest BCUT2D eigenvalue weighted by Gasteiger charge is 2.19. The lowest BCUT2D eigenvalue weighted by Gasteiger charge is -2.18. The van der Waals surface area contributed by atoms with Gasteiger partial charge in [0.15, 0.2) is 6.10 Å². The molecule has 414 valence electrons. The summed E-state index contributed by atoms with van der Waals surface area (Å²) in [5.74, 6) is -0.939. The Hall–Kier alpha value is -3.41. The Morgan fingerprint density at radius 3 is 0.903 bits per heavy atom. The van der Waals surface area contributed by atoms with E-state index in [4.69, 9.17) is 14.2 Å². The molecule has 0 heterocycles. The van der Waals surface area contributed by atoms with Crippen LogP contribution in [0, 0.1) is 0 Å². The molecule has 0 radical (unpaired) electrons. The van der Waals surface area contributed by atoms with Crippen LogP contribution in [0.25, 0.3) is 0 Å². The van der Waals surface area contributed by atoms with Gasteiger partial charge in [-0.05, 0) is 96.3 Å². The number of hydrogen-bond donors (Lipinski definition) is 0. The van der Waals surface area contributed by atoms with E-state index in [2.05, 4.69) is 106 Å². The summed E-state index contributed by atoms with van der Waals surface area (Å²) in [5, 5.41) is 0. The van der Waals surface area contributed by atoms with E-state index in [0.29, 0.717) is 19.3 Å². The fourth-order valence-electron chi connectivity index (χ4n) is 8.56. The highest BCUT2D eigenvalue weighted by Crippen LogP contribution is 2.16. The minimum absolute atomic E-state index is 0.0931. The van der Waals surface area contributed by atoms with Crippen molar-refractivity contribution in [2.24, 2.45) is 0 Å². The van der Waals surface area contributed by atoms with Crippen LogP contribution >= 0.6 is 0 Å². The molecular weight excluding hydrogens is 889 g/mol. The average Bonchev–Trinajstić information content (AvgIpc) is 3.38. The van der Waals surface area contributed by atoms with Crippen LogP contribution in [-0.2, 0) is 28.6 Å². The third-order valence-corrected chi connectivity index (χ3v) is 13.1. The zero-order chi connectivity index (χ0) is 52.2. The summed E-state index contributed by atoms with van der Waals surface area (Å²) in [7, 11) is 0. The van der Waals surface area contributed by atoms with Crippen LogP contribution in [0.1, 0.15) is 297 Å². The molecule has 1 atom stereocenters. The van der Waals surface area contributed by atoms with Crippen molar-refractivity contribution in [3.8, 4) is 0 Å². The van der Waals surface area contributed by atoms with Crippen LogP contribution in [0.15, 0.2) is 85.1 Å². The average molecular weight is 1000 g/mol. The van der Waals surface area contributed by atoms with Crippen LogP contribution in [-0.4, -0.2) is 37.2 Å². The number of esters is 3. The van der Waals surface area contributed by atoms with Crippen molar-refractivity contribution in [3.05, 3.63) is 85.1 Å². The predicted octanol–water partition coefficient (Wildman–Crippen LogP) is 20.7. The van der Waals surface area contributed by atoms with E-state index in [-0.39, 0.29) is 31.1 Å². The predicted molar refractivity (Wildman–Crippen MR) is 311 cm³/mol. The minimum Gasteiger partial charge on any atom is -0.462 e. The molecule has 6 nitrogen and oxygen atoms in total. The van der Waals surface area contributed by atoms with Crippen molar-refractivity contribution in [1.29, 1.82) is 0 Å². The molecule has 0 rings (SSSR count). The monoisotopic (exact) mass is 1000 g/mol. The van der Waals surface area contributed by atoms with Crippen LogP contribution in [0.4, 0.5) is 0 Å². The zero-order valence-electron chi connectivity index (χ0n) is 47.4. The van der Waals surface area contributed by atoms with Gasteiger partial charge in [-0.1, -0.05) is 266 Å². The Labute approximate surface area is 445 Å². The number of carbonyl (C=O) groups excluding carboxylic acids is 3. The lowest BCUT2D eigenvalue weighted by atomic mass is 10.0. The first-order valence-electron chi connectivity index (χ1n) is 30.6. The largest absolute Gasteiger partial charge is 0.462 e. The second kappa shape index (κ2) is 60.1. The Morgan fingerprint density at radius 1 is 0.292 bits per heavy atom. The summed E-state index contributed by atoms with van der Waals surface area (Å²) in [6.07, 6.45) is 78.7. The molecule has 6 heteroatoms. The van der Waals surface area contributed by atoms with E-state index in [9.17, 15) is 14.4 Å². The Kier molecular flexibility index (Phi) is 57.3. The van der Waals surface area contributed by atoms with E-state index in [1.54, 1.807) is 0 Å². The van der Waals surface area contributed by atoms with Gasteiger partial charge in [-0.15, -0.1) is 0 Å². The van der Waals surface area contributed by atoms with Crippen LogP contribution in [0.5, 0.6) is 0 Å². The molecule has 0 amide bonds. The molecule has 0 aliphatic rings. The van der Waals surface area contributed by atoms with Crippen molar-refractivity contribution in [2.45, 2.75) is 303 Å². The SMILES string of the molecule is CC/C=C\C/C=C\C/C=C\C/C=C\CCCCC(=O)OCC(COC(=O)CCCCCCCCCCCCCCCCCCCCCC)OC(=O)CCCCCCCC/C=C\C/C=C\C/C=C\CCCCC. The van der Waals surface area contributed by atoms with Gasteiger partial charge in [-0.2, -0.15) is 0 Å². The smallest absolute Gasteiger partial charge is 0.306 e. The molecule has 0 saturated carbocycles. The Balaban J connectivity index is 4.42. The van der Waals surface area contributed by atoms with E-state index in [1.807, 2.05) is 0 Å². The molecule has 0 bridgehead atoms. The number of ether oxygens (including phenoxy) is 3. The number of rotatable bonds is 55. The van der Waals surface area contributed by atoms with E-state index in [0.717, 1.165) is 109 Å². The van der Waals surface area contributed by atoms with Crippen molar-refractivity contribution in [2.75, 3.05) is 13.2 Å². The second-order valence-electron chi connectivity index (χ2n) is 20.2. The van der Waals surface area contributed by atoms with E-state index < -0.39 is 6.10 Å². The van der Waals surface area contributed by atoms with Gasteiger partial charge in [0.1, 0.15) is 13.2 Å². The van der Waals surface area contributed by atoms with Crippen LogP contribution < -0.4 is 0 Å². The fourth-order valence-corrected chi connectivity index (χ4v) is 8.56.